The van der Waals surface area contributed by atoms with Gasteiger partial charge >= 0.3 is 6.18 Å². The molecule has 1 fully saturated rings. The van der Waals surface area contributed by atoms with E-state index in [9.17, 15) is 27.6 Å². The maximum Gasteiger partial charge on any atom is 0.451 e. The van der Waals surface area contributed by atoms with Gasteiger partial charge < -0.3 is 19.1 Å². The highest BCUT2D eigenvalue weighted by molar-refractivity contribution is 5.95. The van der Waals surface area contributed by atoms with E-state index < -0.39 is 17.8 Å². The van der Waals surface area contributed by atoms with Gasteiger partial charge in [0.25, 0.3) is 0 Å². The van der Waals surface area contributed by atoms with Gasteiger partial charge in [0.1, 0.15) is 11.6 Å². The average Bonchev–Trinajstić information content (AvgIpc) is 3.32. The van der Waals surface area contributed by atoms with E-state index in [0.29, 0.717) is 42.6 Å². The van der Waals surface area contributed by atoms with Gasteiger partial charge in [0.05, 0.1) is 24.9 Å². The van der Waals surface area contributed by atoms with Crippen LogP contribution in [0.3, 0.4) is 0 Å². The summed E-state index contributed by atoms with van der Waals surface area (Å²) in [5, 5.41) is 17.0. The second kappa shape index (κ2) is 8.92. The molecular weight excluding hydrogens is 482 g/mol. The van der Waals surface area contributed by atoms with Gasteiger partial charge in [-0.15, -0.1) is 10.2 Å². The number of ether oxygens (including phenoxy) is 1. The third kappa shape index (κ3) is 3.96. The summed E-state index contributed by atoms with van der Waals surface area (Å²) in [6, 6.07) is 5.26. The molecule has 188 valence electrons. The first-order valence-corrected chi connectivity index (χ1v) is 11.3. The van der Waals surface area contributed by atoms with Crippen LogP contribution in [0, 0.1) is 23.1 Å². The van der Waals surface area contributed by atoms with Crippen molar-refractivity contribution in [2.45, 2.75) is 32.1 Å². The fourth-order valence-electron chi connectivity index (χ4n) is 4.94. The van der Waals surface area contributed by atoms with Crippen molar-refractivity contribution in [3.63, 3.8) is 0 Å². The number of carbonyl (C=O) groups is 1. The van der Waals surface area contributed by atoms with Crippen LogP contribution in [0.15, 0.2) is 18.3 Å². The molecule has 0 bridgehead atoms. The molecule has 9 nitrogen and oxygen atoms in total. The molecule has 2 aliphatic heterocycles. The number of aromatic nitrogens is 4. The number of pyridine rings is 1. The van der Waals surface area contributed by atoms with Crippen molar-refractivity contribution in [3.05, 3.63) is 41.4 Å². The number of amides is 1. The third-order valence-corrected chi connectivity index (χ3v) is 6.73. The highest BCUT2D eigenvalue weighted by atomic mass is 19.4. The molecule has 36 heavy (non-hydrogen) atoms. The van der Waals surface area contributed by atoms with Gasteiger partial charge in [-0.1, -0.05) is 0 Å². The van der Waals surface area contributed by atoms with Crippen molar-refractivity contribution in [2.75, 3.05) is 31.6 Å². The zero-order valence-corrected chi connectivity index (χ0v) is 19.2. The minimum absolute atomic E-state index is 0.0225. The molecule has 0 atom stereocenters. The van der Waals surface area contributed by atoms with Gasteiger partial charge in [0, 0.05) is 43.7 Å². The SMILES string of the molecule is COc1ccc2c(N3CCC(C(=O)N4CCn5c(nnc5C(F)(F)F)C4)CC3)c(C#N)cnc2c1F. The minimum atomic E-state index is -4.60. The number of hydrogen-bond donors (Lipinski definition) is 0. The van der Waals surface area contributed by atoms with Crippen molar-refractivity contribution < 1.29 is 27.1 Å². The Kier molecular flexibility index (Phi) is 5.89. The van der Waals surface area contributed by atoms with Crippen LogP contribution in [-0.4, -0.2) is 57.3 Å². The number of nitriles is 1. The first-order chi connectivity index (χ1) is 17.2. The fourth-order valence-corrected chi connectivity index (χ4v) is 4.94. The summed E-state index contributed by atoms with van der Waals surface area (Å²) in [5.41, 5.74) is 0.950. The average molecular weight is 503 g/mol. The number of rotatable bonds is 3. The number of anilines is 1. The van der Waals surface area contributed by atoms with E-state index in [4.69, 9.17) is 4.74 Å². The molecule has 5 rings (SSSR count). The Bertz CT molecular complexity index is 1370. The Balaban J connectivity index is 1.32. The van der Waals surface area contributed by atoms with Gasteiger partial charge in [-0.25, -0.2) is 4.39 Å². The predicted octanol–water partition coefficient (Wildman–Crippen LogP) is 3.12. The van der Waals surface area contributed by atoms with E-state index in [-0.39, 0.29) is 48.5 Å². The topological polar surface area (TPSA) is 100 Å². The molecule has 0 spiro atoms. The van der Waals surface area contributed by atoms with Crippen LogP contribution in [0.2, 0.25) is 0 Å². The van der Waals surface area contributed by atoms with Crippen LogP contribution in [-0.2, 0) is 24.1 Å². The standard InChI is InChI=1S/C23H21F4N7O2/c1-36-16-3-2-15-19(18(16)24)29-11-14(10-28)20(15)32-6-4-13(5-7-32)21(35)33-8-9-34-17(12-33)30-31-22(34)23(25,26)27/h2-3,11,13H,4-9,12H2,1H3. The highest BCUT2D eigenvalue weighted by Crippen LogP contribution is 2.36. The van der Waals surface area contributed by atoms with E-state index in [2.05, 4.69) is 21.3 Å². The van der Waals surface area contributed by atoms with Gasteiger partial charge in [-0.3, -0.25) is 9.78 Å². The van der Waals surface area contributed by atoms with Gasteiger partial charge in [0.2, 0.25) is 11.7 Å². The molecule has 3 aromatic rings. The summed E-state index contributed by atoms with van der Waals surface area (Å²) in [5.74, 6) is -1.97. The second-order valence-corrected chi connectivity index (χ2v) is 8.72. The van der Waals surface area contributed by atoms with Crippen molar-refractivity contribution >= 4 is 22.5 Å². The predicted molar refractivity (Wildman–Crippen MR) is 118 cm³/mol. The molecule has 2 aromatic heterocycles. The van der Waals surface area contributed by atoms with Crippen LogP contribution in [0.25, 0.3) is 10.9 Å². The normalized spacial score (nSPS) is 16.7. The molecule has 4 heterocycles. The van der Waals surface area contributed by atoms with Crippen molar-refractivity contribution in [1.82, 2.24) is 24.6 Å². The van der Waals surface area contributed by atoms with Crippen LogP contribution in [0.4, 0.5) is 23.2 Å². The van der Waals surface area contributed by atoms with Gasteiger partial charge in [0.15, 0.2) is 17.4 Å². The molecule has 0 radical (unpaired) electrons. The van der Waals surface area contributed by atoms with Crippen LogP contribution in [0.1, 0.15) is 30.1 Å². The molecule has 1 saturated heterocycles. The zero-order valence-electron chi connectivity index (χ0n) is 19.2. The molecule has 1 amide bonds. The summed E-state index contributed by atoms with van der Waals surface area (Å²) >= 11 is 0. The molecule has 0 aliphatic carbocycles. The Hall–Kier alpha value is -3.95. The van der Waals surface area contributed by atoms with E-state index >= 15 is 0 Å². The number of alkyl halides is 3. The summed E-state index contributed by atoms with van der Waals surface area (Å²) in [4.78, 5) is 20.7. The zero-order chi connectivity index (χ0) is 25.6. The van der Waals surface area contributed by atoms with E-state index in [0.717, 1.165) is 4.57 Å². The number of nitrogens with zero attached hydrogens (tertiary/aromatic N) is 7. The number of methoxy groups -OCH3 is 1. The number of benzene rings is 1. The maximum atomic E-state index is 14.8. The van der Waals surface area contributed by atoms with Crippen LogP contribution in [0.5, 0.6) is 5.75 Å². The summed E-state index contributed by atoms with van der Waals surface area (Å²) < 4.78 is 60.1. The minimum Gasteiger partial charge on any atom is -0.494 e. The van der Waals surface area contributed by atoms with Crippen molar-refractivity contribution in [2.24, 2.45) is 5.92 Å². The van der Waals surface area contributed by atoms with E-state index in [1.807, 2.05) is 4.90 Å². The number of fused-ring (bicyclic) bond motifs is 2. The molecule has 2 aliphatic rings. The largest absolute Gasteiger partial charge is 0.494 e. The van der Waals surface area contributed by atoms with Gasteiger partial charge in [-0.2, -0.15) is 18.4 Å². The smallest absolute Gasteiger partial charge is 0.451 e. The number of hydrogen-bond acceptors (Lipinski definition) is 7. The lowest BCUT2D eigenvalue weighted by Crippen LogP contribution is -2.45. The Labute approximate surface area is 202 Å². The lowest BCUT2D eigenvalue weighted by atomic mass is 9.93. The van der Waals surface area contributed by atoms with Crippen LogP contribution < -0.4 is 9.64 Å². The summed E-state index contributed by atoms with van der Waals surface area (Å²) in [6.07, 6.45) is -2.32. The lowest BCUT2D eigenvalue weighted by molar-refractivity contribution is -0.148. The van der Waals surface area contributed by atoms with E-state index in [1.54, 1.807) is 6.07 Å². The third-order valence-electron chi connectivity index (χ3n) is 6.73. The monoisotopic (exact) mass is 503 g/mol. The molecule has 0 saturated carbocycles. The highest BCUT2D eigenvalue weighted by Gasteiger charge is 2.40. The molecule has 0 N–H and O–H groups in total. The first-order valence-electron chi connectivity index (χ1n) is 11.3. The summed E-state index contributed by atoms with van der Waals surface area (Å²) in [6.45, 7) is 0.976. The molecule has 0 unspecified atom stereocenters. The Morgan fingerprint density at radius 3 is 2.58 bits per heavy atom. The fraction of sp³-hybridized carbons (Fsp3) is 0.435. The Morgan fingerprint density at radius 2 is 1.92 bits per heavy atom. The van der Waals surface area contributed by atoms with Crippen molar-refractivity contribution in [3.8, 4) is 11.8 Å². The molecular formula is C23H21F4N7O2. The number of halogens is 4. The number of piperidine rings is 1. The second-order valence-electron chi connectivity index (χ2n) is 8.72. The van der Waals surface area contributed by atoms with Crippen LogP contribution >= 0.6 is 0 Å². The quantitative estimate of drug-likeness (QED) is 0.507. The lowest BCUT2D eigenvalue weighted by Gasteiger charge is -2.37. The molecule has 1 aromatic carbocycles. The molecule has 13 heteroatoms. The summed E-state index contributed by atoms with van der Waals surface area (Å²) in [7, 11) is 1.36. The number of carbonyl (C=O) groups excluding carboxylic acids is 1. The first kappa shape index (κ1) is 23.8. The van der Waals surface area contributed by atoms with E-state index in [1.165, 1.54) is 24.3 Å². The van der Waals surface area contributed by atoms with Gasteiger partial charge in [-0.05, 0) is 25.0 Å². The Morgan fingerprint density at radius 1 is 1.17 bits per heavy atom. The van der Waals surface area contributed by atoms with Crippen molar-refractivity contribution in [1.29, 1.82) is 5.26 Å². The maximum absolute atomic E-state index is 14.8.